The lowest BCUT2D eigenvalue weighted by Crippen LogP contribution is -1.99. The molecule has 12 heavy (non-hydrogen) atoms. The van der Waals surface area contributed by atoms with Crippen LogP contribution in [0.25, 0.3) is 0 Å². The van der Waals surface area contributed by atoms with Gasteiger partial charge >= 0.3 is 0 Å². The van der Waals surface area contributed by atoms with E-state index in [4.69, 9.17) is 5.73 Å². The second-order valence-corrected chi connectivity index (χ2v) is 3.52. The van der Waals surface area contributed by atoms with Crippen LogP contribution in [0.5, 0.6) is 0 Å². The molecule has 0 bridgehead atoms. The van der Waals surface area contributed by atoms with Crippen molar-refractivity contribution in [3.05, 3.63) is 35.4 Å². The van der Waals surface area contributed by atoms with E-state index in [-0.39, 0.29) is 0 Å². The summed E-state index contributed by atoms with van der Waals surface area (Å²) in [5.41, 5.74) is 8.01. The Morgan fingerprint density at radius 2 is 2.25 bits per heavy atom. The van der Waals surface area contributed by atoms with Gasteiger partial charge in [0.15, 0.2) is 0 Å². The van der Waals surface area contributed by atoms with E-state index in [2.05, 4.69) is 26.0 Å². The topological polar surface area (TPSA) is 26.0 Å². The molecule has 2 N–H and O–H groups in total. The average Bonchev–Trinajstić information content (AvgIpc) is 2.03. The van der Waals surface area contributed by atoms with Gasteiger partial charge in [-0.3, -0.25) is 0 Å². The van der Waals surface area contributed by atoms with Gasteiger partial charge in [0.1, 0.15) is 0 Å². The van der Waals surface area contributed by atoms with Crippen molar-refractivity contribution in [3.63, 3.8) is 0 Å². The van der Waals surface area contributed by atoms with E-state index in [0.717, 1.165) is 6.42 Å². The summed E-state index contributed by atoms with van der Waals surface area (Å²) in [6, 6.07) is 9.33. The van der Waals surface area contributed by atoms with Gasteiger partial charge in [-0.15, -0.1) is 0 Å². The van der Waals surface area contributed by atoms with Crippen LogP contribution in [-0.4, -0.2) is 0 Å². The number of benzene rings is 1. The highest BCUT2D eigenvalue weighted by Gasteiger charge is 1.98. The summed E-state index contributed by atoms with van der Waals surface area (Å²) in [7, 11) is 0. The minimum absolute atomic E-state index is 0.625. The molecule has 0 atom stereocenters. The quantitative estimate of drug-likeness (QED) is 0.724. The van der Waals surface area contributed by atoms with E-state index in [1.165, 1.54) is 11.1 Å². The maximum Gasteiger partial charge on any atom is 0.0178 e. The maximum absolute atomic E-state index is 5.54. The predicted octanol–water partition coefficient (Wildman–Crippen LogP) is 2.14. The molecule has 1 rings (SSSR count). The normalized spacial score (nSPS) is 10.7. The maximum atomic E-state index is 5.54. The molecule has 1 aromatic carbocycles. The van der Waals surface area contributed by atoms with E-state index >= 15 is 0 Å². The Kier molecular flexibility index (Phi) is 3.30. The van der Waals surface area contributed by atoms with Crippen LogP contribution in [0.1, 0.15) is 25.0 Å². The van der Waals surface area contributed by atoms with Crippen LogP contribution in [0.2, 0.25) is 0 Å². The highest BCUT2D eigenvalue weighted by Crippen LogP contribution is 2.09. The van der Waals surface area contributed by atoms with Crippen molar-refractivity contribution < 1.29 is 0 Å². The molecule has 0 aliphatic rings. The molecule has 1 radical (unpaired) electrons. The largest absolute Gasteiger partial charge is 0.326 e. The highest BCUT2D eigenvalue weighted by atomic mass is 14.5. The van der Waals surface area contributed by atoms with Gasteiger partial charge in [-0.05, 0) is 29.5 Å². The summed E-state index contributed by atoms with van der Waals surface area (Å²) in [4.78, 5) is 0. The van der Waals surface area contributed by atoms with Crippen molar-refractivity contribution in [3.8, 4) is 0 Å². The van der Waals surface area contributed by atoms with Crippen molar-refractivity contribution in [2.24, 2.45) is 11.7 Å². The molecule has 0 aromatic heterocycles. The first kappa shape index (κ1) is 9.27. The van der Waals surface area contributed by atoms with Crippen LogP contribution in [0, 0.1) is 12.0 Å². The average molecular weight is 162 g/mol. The van der Waals surface area contributed by atoms with E-state index < -0.39 is 0 Å². The fraction of sp³-hybridized carbons (Fsp3) is 0.455. The molecule has 0 saturated carbocycles. The third-order valence-electron chi connectivity index (χ3n) is 1.79. The first-order chi connectivity index (χ1) is 5.72. The first-order valence-electron chi connectivity index (χ1n) is 4.42. The standard InChI is InChI=1S/C11H16N/c1-9(2)6-10-4-3-5-11(7-10)8-12/h3,5,7,9H,6,8,12H2,1-2H3. The van der Waals surface area contributed by atoms with E-state index in [9.17, 15) is 0 Å². The lowest BCUT2D eigenvalue weighted by molar-refractivity contribution is 0.646. The molecule has 0 heterocycles. The Bertz CT molecular complexity index is 241. The smallest absolute Gasteiger partial charge is 0.0178 e. The molecule has 0 amide bonds. The zero-order valence-electron chi connectivity index (χ0n) is 7.80. The van der Waals surface area contributed by atoms with Crippen LogP contribution in [0.15, 0.2) is 18.2 Å². The van der Waals surface area contributed by atoms with Crippen molar-refractivity contribution in [1.29, 1.82) is 0 Å². The summed E-state index contributed by atoms with van der Waals surface area (Å²) in [6.07, 6.45) is 1.09. The van der Waals surface area contributed by atoms with Crippen molar-refractivity contribution in [2.75, 3.05) is 0 Å². The summed E-state index contributed by atoms with van der Waals surface area (Å²) < 4.78 is 0. The Morgan fingerprint density at radius 1 is 1.50 bits per heavy atom. The molecule has 0 fully saturated rings. The molecule has 0 aliphatic heterocycles. The van der Waals surface area contributed by atoms with Gasteiger partial charge in [-0.25, -0.2) is 0 Å². The summed E-state index contributed by atoms with van der Waals surface area (Å²) in [5.74, 6) is 0.689. The zero-order valence-corrected chi connectivity index (χ0v) is 7.80. The van der Waals surface area contributed by atoms with Gasteiger partial charge in [0, 0.05) is 6.54 Å². The first-order valence-corrected chi connectivity index (χ1v) is 4.42. The van der Waals surface area contributed by atoms with Crippen LogP contribution in [0.3, 0.4) is 0 Å². The summed E-state index contributed by atoms with van der Waals surface area (Å²) in [5, 5.41) is 0. The lowest BCUT2D eigenvalue weighted by atomic mass is 10.0. The lowest BCUT2D eigenvalue weighted by Gasteiger charge is -2.05. The predicted molar refractivity (Wildman–Crippen MR) is 51.7 cm³/mol. The monoisotopic (exact) mass is 162 g/mol. The molecule has 0 spiro atoms. The molecule has 0 saturated heterocycles. The van der Waals surface area contributed by atoms with Crippen molar-refractivity contribution in [2.45, 2.75) is 26.8 Å². The third kappa shape index (κ3) is 2.67. The molecule has 0 aliphatic carbocycles. The number of hydrogen-bond acceptors (Lipinski definition) is 1. The SMILES string of the molecule is CC(C)Cc1[c]ccc(CN)c1. The molecule has 1 heteroatoms. The van der Waals surface area contributed by atoms with Crippen LogP contribution < -0.4 is 5.73 Å². The van der Waals surface area contributed by atoms with E-state index in [1.807, 2.05) is 12.1 Å². The van der Waals surface area contributed by atoms with Crippen molar-refractivity contribution >= 4 is 0 Å². The number of rotatable bonds is 3. The molecule has 1 nitrogen and oxygen atoms in total. The van der Waals surface area contributed by atoms with Gasteiger partial charge in [-0.1, -0.05) is 32.0 Å². The Morgan fingerprint density at radius 3 is 2.83 bits per heavy atom. The highest BCUT2D eigenvalue weighted by molar-refractivity contribution is 5.22. The Hall–Kier alpha value is -0.820. The molecular weight excluding hydrogens is 146 g/mol. The molecule has 1 aromatic rings. The molecule has 0 unspecified atom stereocenters. The Balaban J connectivity index is 2.72. The minimum Gasteiger partial charge on any atom is -0.326 e. The third-order valence-corrected chi connectivity index (χ3v) is 1.79. The minimum atomic E-state index is 0.625. The van der Waals surface area contributed by atoms with E-state index in [1.54, 1.807) is 0 Å². The van der Waals surface area contributed by atoms with Gasteiger partial charge in [0.2, 0.25) is 0 Å². The fourth-order valence-electron chi connectivity index (χ4n) is 1.25. The Labute approximate surface area is 74.6 Å². The summed E-state index contributed by atoms with van der Waals surface area (Å²) >= 11 is 0. The van der Waals surface area contributed by atoms with Crippen LogP contribution >= 0.6 is 0 Å². The second kappa shape index (κ2) is 4.27. The van der Waals surface area contributed by atoms with Crippen LogP contribution in [0.4, 0.5) is 0 Å². The van der Waals surface area contributed by atoms with Crippen LogP contribution in [-0.2, 0) is 13.0 Å². The van der Waals surface area contributed by atoms with Crippen molar-refractivity contribution in [1.82, 2.24) is 0 Å². The van der Waals surface area contributed by atoms with Gasteiger partial charge in [0.05, 0.1) is 0 Å². The molecular formula is C11H16N. The molecule has 65 valence electrons. The summed E-state index contributed by atoms with van der Waals surface area (Å²) in [6.45, 7) is 5.05. The second-order valence-electron chi connectivity index (χ2n) is 3.52. The zero-order chi connectivity index (χ0) is 8.97. The van der Waals surface area contributed by atoms with E-state index in [0.29, 0.717) is 12.5 Å². The fourth-order valence-corrected chi connectivity index (χ4v) is 1.25. The van der Waals surface area contributed by atoms with Gasteiger partial charge < -0.3 is 5.73 Å². The number of hydrogen-bond donors (Lipinski definition) is 1. The van der Waals surface area contributed by atoms with Gasteiger partial charge in [0.25, 0.3) is 0 Å². The number of nitrogens with two attached hydrogens (primary N) is 1. The van der Waals surface area contributed by atoms with Gasteiger partial charge in [-0.2, -0.15) is 0 Å².